The summed E-state index contributed by atoms with van der Waals surface area (Å²) in [6.07, 6.45) is 4.42. The van der Waals surface area contributed by atoms with Gasteiger partial charge in [0, 0.05) is 31.5 Å². The van der Waals surface area contributed by atoms with E-state index in [-0.39, 0.29) is 0 Å². The maximum absolute atomic E-state index is 4.79. The molecular formula is C18H34N6. The van der Waals surface area contributed by atoms with Crippen LogP contribution in [0.5, 0.6) is 0 Å². The van der Waals surface area contributed by atoms with E-state index >= 15 is 0 Å². The lowest BCUT2D eigenvalue weighted by Crippen LogP contribution is -2.47. The van der Waals surface area contributed by atoms with Crippen molar-refractivity contribution in [1.82, 2.24) is 25.4 Å². The van der Waals surface area contributed by atoms with Gasteiger partial charge >= 0.3 is 0 Å². The Kier molecular flexibility index (Phi) is 7.06. The minimum Gasteiger partial charge on any atom is -0.357 e. The summed E-state index contributed by atoms with van der Waals surface area (Å²) in [4.78, 5) is 9.45. The Bertz CT molecular complexity index is 530. The Morgan fingerprint density at radius 2 is 2.04 bits per heavy atom. The van der Waals surface area contributed by atoms with E-state index in [9.17, 15) is 0 Å². The van der Waals surface area contributed by atoms with E-state index in [0.717, 1.165) is 50.1 Å². The van der Waals surface area contributed by atoms with Gasteiger partial charge in [0.2, 0.25) is 0 Å². The number of aryl methyl sites for hydroxylation is 1. The van der Waals surface area contributed by atoms with E-state index < -0.39 is 0 Å². The molecule has 1 unspecified atom stereocenters. The van der Waals surface area contributed by atoms with E-state index in [4.69, 9.17) is 4.99 Å². The van der Waals surface area contributed by atoms with E-state index in [1.165, 1.54) is 12.8 Å². The first-order chi connectivity index (χ1) is 11.6. The van der Waals surface area contributed by atoms with Gasteiger partial charge in [0.05, 0.1) is 6.54 Å². The number of nitrogens with zero attached hydrogens (tertiary/aromatic N) is 4. The second-order valence-electron chi connectivity index (χ2n) is 7.01. The molecule has 1 aliphatic heterocycles. The maximum Gasteiger partial charge on any atom is 0.191 e. The van der Waals surface area contributed by atoms with Gasteiger partial charge in [-0.2, -0.15) is 5.10 Å². The number of fused-ring (bicyclic) bond motifs is 1. The van der Waals surface area contributed by atoms with Crippen molar-refractivity contribution in [2.75, 3.05) is 13.1 Å². The molecule has 24 heavy (non-hydrogen) atoms. The van der Waals surface area contributed by atoms with E-state index in [1.807, 2.05) is 0 Å². The van der Waals surface area contributed by atoms with Crippen LogP contribution in [-0.2, 0) is 13.0 Å². The Hall–Kier alpha value is -1.59. The van der Waals surface area contributed by atoms with Crippen LogP contribution in [0.1, 0.15) is 71.4 Å². The summed E-state index contributed by atoms with van der Waals surface area (Å²) in [5.41, 5.74) is 0. The molecule has 0 spiro atoms. The zero-order chi connectivity index (χ0) is 17.5. The van der Waals surface area contributed by atoms with Crippen LogP contribution in [0.25, 0.3) is 0 Å². The van der Waals surface area contributed by atoms with Crippen LogP contribution in [0.3, 0.4) is 0 Å². The molecule has 2 heterocycles. The lowest BCUT2D eigenvalue weighted by atomic mass is 10.0. The smallest absolute Gasteiger partial charge is 0.191 e. The zero-order valence-electron chi connectivity index (χ0n) is 16.0. The van der Waals surface area contributed by atoms with Crippen molar-refractivity contribution < 1.29 is 0 Å². The lowest BCUT2D eigenvalue weighted by molar-refractivity contribution is 0.391. The van der Waals surface area contributed by atoms with E-state index in [2.05, 4.69) is 60.0 Å². The molecule has 1 atom stereocenters. The first-order valence-electron chi connectivity index (χ1n) is 9.55. The first kappa shape index (κ1) is 18.7. The summed E-state index contributed by atoms with van der Waals surface area (Å²) in [7, 11) is 0. The number of aliphatic imine (C=N–C) groups is 1. The van der Waals surface area contributed by atoms with E-state index in [0.29, 0.717) is 17.9 Å². The zero-order valence-corrected chi connectivity index (χ0v) is 16.0. The van der Waals surface area contributed by atoms with Gasteiger partial charge in [0.1, 0.15) is 5.82 Å². The van der Waals surface area contributed by atoms with Crippen LogP contribution in [-0.4, -0.2) is 39.9 Å². The van der Waals surface area contributed by atoms with Crippen molar-refractivity contribution in [3.05, 3.63) is 11.6 Å². The molecule has 1 aliphatic rings. The number of hydrogen-bond acceptors (Lipinski definition) is 3. The fourth-order valence-electron chi connectivity index (χ4n) is 2.97. The molecule has 0 saturated carbocycles. The highest BCUT2D eigenvalue weighted by Gasteiger charge is 2.23. The Balaban J connectivity index is 1.98. The minimum absolute atomic E-state index is 0.360. The first-order valence-corrected chi connectivity index (χ1v) is 9.55. The second kappa shape index (κ2) is 9.04. The highest BCUT2D eigenvalue weighted by atomic mass is 15.4. The third-order valence-corrected chi connectivity index (χ3v) is 4.74. The normalized spacial score (nSPS) is 18.1. The van der Waals surface area contributed by atoms with Crippen LogP contribution in [0.2, 0.25) is 0 Å². The van der Waals surface area contributed by atoms with Gasteiger partial charge in [-0.1, -0.05) is 40.5 Å². The van der Waals surface area contributed by atoms with Crippen molar-refractivity contribution in [3.63, 3.8) is 0 Å². The summed E-state index contributed by atoms with van der Waals surface area (Å²) >= 11 is 0. The fourth-order valence-corrected chi connectivity index (χ4v) is 2.97. The van der Waals surface area contributed by atoms with Gasteiger partial charge in [0.15, 0.2) is 11.8 Å². The average Bonchev–Trinajstić information content (AvgIpc) is 2.99. The number of hydrogen-bond donors (Lipinski definition) is 2. The van der Waals surface area contributed by atoms with Gasteiger partial charge in [-0.15, -0.1) is 0 Å². The Morgan fingerprint density at radius 1 is 1.29 bits per heavy atom. The maximum atomic E-state index is 4.79. The summed E-state index contributed by atoms with van der Waals surface area (Å²) in [5, 5.41) is 11.6. The van der Waals surface area contributed by atoms with Crippen LogP contribution in [0, 0.1) is 5.92 Å². The van der Waals surface area contributed by atoms with Crippen LogP contribution < -0.4 is 10.6 Å². The second-order valence-corrected chi connectivity index (χ2v) is 7.01. The van der Waals surface area contributed by atoms with Crippen LogP contribution >= 0.6 is 0 Å². The van der Waals surface area contributed by atoms with Gasteiger partial charge in [-0.25, -0.2) is 9.67 Å². The number of rotatable bonds is 7. The molecule has 2 rings (SSSR count). The molecule has 0 radical (unpaired) electrons. The molecule has 1 aromatic rings. The quantitative estimate of drug-likeness (QED) is 0.594. The van der Waals surface area contributed by atoms with Crippen LogP contribution in [0.4, 0.5) is 0 Å². The van der Waals surface area contributed by atoms with Crippen molar-refractivity contribution in [1.29, 1.82) is 0 Å². The van der Waals surface area contributed by atoms with E-state index in [1.54, 1.807) is 0 Å². The SMILES string of the molecule is CCNC(=NCC(CC)CC)NC1CCc2nc(C(C)C)nn2C1. The molecule has 0 bridgehead atoms. The topological polar surface area (TPSA) is 67.1 Å². The molecule has 0 amide bonds. The predicted octanol–water partition coefficient (Wildman–Crippen LogP) is 2.71. The molecule has 0 aromatic carbocycles. The third kappa shape index (κ3) is 4.95. The Morgan fingerprint density at radius 3 is 2.67 bits per heavy atom. The largest absolute Gasteiger partial charge is 0.357 e. The highest BCUT2D eigenvalue weighted by molar-refractivity contribution is 5.80. The van der Waals surface area contributed by atoms with Crippen LogP contribution in [0.15, 0.2) is 4.99 Å². The molecule has 136 valence electrons. The molecule has 2 N–H and O–H groups in total. The van der Waals surface area contributed by atoms with Gasteiger partial charge in [-0.3, -0.25) is 4.99 Å². The monoisotopic (exact) mass is 334 g/mol. The van der Waals surface area contributed by atoms with Gasteiger partial charge in [0.25, 0.3) is 0 Å². The number of aromatic nitrogens is 3. The molecule has 6 nitrogen and oxygen atoms in total. The molecule has 0 aliphatic carbocycles. The van der Waals surface area contributed by atoms with Gasteiger partial charge < -0.3 is 10.6 Å². The minimum atomic E-state index is 0.360. The predicted molar refractivity (Wildman–Crippen MR) is 99.4 cm³/mol. The highest BCUT2D eigenvalue weighted by Crippen LogP contribution is 2.17. The summed E-state index contributed by atoms with van der Waals surface area (Å²) in [6, 6.07) is 0.360. The molecular weight excluding hydrogens is 300 g/mol. The molecule has 0 saturated heterocycles. The number of nitrogens with one attached hydrogen (secondary N) is 2. The third-order valence-electron chi connectivity index (χ3n) is 4.74. The van der Waals surface area contributed by atoms with Crippen molar-refractivity contribution in [2.24, 2.45) is 10.9 Å². The Labute approximate surface area is 146 Å². The fraction of sp³-hybridized carbons (Fsp3) is 0.833. The summed E-state index contributed by atoms with van der Waals surface area (Å²) < 4.78 is 2.07. The molecule has 1 aromatic heterocycles. The lowest BCUT2D eigenvalue weighted by Gasteiger charge is -2.25. The average molecular weight is 335 g/mol. The summed E-state index contributed by atoms with van der Waals surface area (Å²) in [6.45, 7) is 13.5. The van der Waals surface area contributed by atoms with Crippen molar-refractivity contribution >= 4 is 5.96 Å². The summed E-state index contributed by atoms with van der Waals surface area (Å²) in [5.74, 6) is 4.06. The molecule has 6 heteroatoms. The van der Waals surface area contributed by atoms with Crippen molar-refractivity contribution in [3.8, 4) is 0 Å². The molecule has 0 fully saturated rings. The standard InChI is InChI=1S/C18H34N6/c1-6-14(7-2)11-20-18(19-8-3)21-15-9-10-16-22-17(13(4)5)23-24(16)12-15/h13-15H,6-12H2,1-5H3,(H2,19,20,21). The van der Waals surface area contributed by atoms with Crippen molar-refractivity contribution in [2.45, 2.75) is 78.8 Å². The van der Waals surface area contributed by atoms with Gasteiger partial charge in [-0.05, 0) is 19.3 Å². The number of guanidine groups is 1.